The number of ether oxygens (including phenoxy) is 1. The van der Waals surface area contributed by atoms with Crippen LogP contribution in [0.15, 0.2) is 12.2 Å². The fourth-order valence-electron chi connectivity index (χ4n) is 3.29. The molecule has 3 heteroatoms. The molecular formula is C23H47FOSi. The molecule has 0 unspecified atom stereocenters. The van der Waals surface area contributed by atoms with Gasteiger partial charge in [-0.15, -0.1) is 0 Å². The van der Waals surface area contributed by atoms with Gasteiger partial charge in [-0.25, -0.2) is 0 Å². The third kappa shape index (κ3) is 23.8. The first kappa shape index (κ1) is 25.8. The molecule has 0 bridgehead atoms. The maximum Gasteiger partial charge on any atom is 0.240 e. The summed E-state index contributed by atoms with van der Waals surface area (Å²) in [5.74, 6) is 0. The number of halogens is 1. The topological polar surface area (TPSA) is 9.23 Å². The van der Waals surface area contributed by atoms with Gasteiger partial charge in [0.2, 0.25) is 8.41 Å². The second-order valence-corrected chi connectivity index (χ2v) is 12.7. The predicted molar refractivity (Wildman–Crippen MR) is 118 cm³/mol. The molecule has 0 rings (SSSR count). The fourth-order valence-corrected chi connectivity index (χ4v) is 4.38. The Hall–Kier alpha value is -0.153. The zero-order valence-electron chi connectivity index (χ0n) is 18.2. The third-order valence-electron chi connectivity index (χ3n) is 4.91. The van der Waals surface area contributed by atoms with Crippen LogP contribution in [0.25, 0.3) is 0 Å². The van der Waals surface area contributed by atoms with Crippen LogP contribution in [0.3, 0.4) is 0 Å². The van der Waals surface area contributed by atoms with E-state index in [-0.39, 0.29) is 0 Å². The van der Waals surface area contributed by atoms with Crippen molar-refractivity contribution in [2.45, 2.75) is 122 Å². The van der Waals surface area contributed by atoms with Crippen molar-refractivity contribution in [1.29, 1.82) is 0 Å². The van der Waals surface area contributed by atoms with Crippen LogP contribution in [-0.2, 0) is 4.74 Å². The lowest BCUT2D eigenvalue weighted by molar-refractivity contribution is 0.151. The third-order valence-corrected chi connectivity index (χ3v) is 6.45. The average molecular weight is 387 g/mol. The van der Waals surface area contributed by atoms with Crippen molar-refractivity contribution in [2.24, 2.45) is 0 Å². The Kier molecular flexibility index (Phi) is 18.1. The quantitative estimate of drug-likeness (QED) is 0.0880. The number of hydrogen-bond acceptors (Lipinski definition) is 1. The van der Waals surface area contributed by atoms with Crippen molar-refractivity contribution in [3.05, 3.63) is 12.2 Å². The summed E-state index contributed by atoms with van der Waals surface area (Å²) in [5, 5.41) is 0. The number of hydrogen-bond donors (Lipinski definition) is 0. The first-order valence-electron chi connectivity index (χ1n) is 11.3. The van der Waals surface area contributed by atoms with Crippen molar-refractivity contribution in [3.63, 3.8) is 0 Å². The Labute approximate surface area is 165 Å². The van der Waals surface area contributed by atoms with E-state index in [2.05, 4.69) is 6.58 Å². The van der Waals surface area contributed by atoms with Crippen molar-refractivity contribution < 1.29 is 8.84 Å². The molecule has 0 spiro atoms. The normalized spacial score (nSPS) is 11.8. The lowest BCUT2D eigenvalue weighted by Gasteiger charge is -2.09. The fraction of sp³-hybridized carbons (Fsp3) is 0.913. The molecule has 0 radical (unpaired) electrons. The van der Waals surface area contributed by atoms with Gasteiger partial charge in [-0.05, 0) is 32.5 Å². The standard InChI is InChI=1S/C23H47FOSi/c1-23(2)22-25-20-18-16-14-12-10-8-6-5-7-9-11-13-15-17-19-21-26(3,4)24/h1,5-22H2,2-4H3. The number of rotatable bonds is 20. The highest BCUT2D eigenvalue weighted by Crippen LogP contribution is 2.17. The van der Waals surface area contributed by atoms with Crippen LogP contribution >= 0.6 is 0 Å². The van der Waals surface area contributed by atoms with E-state index in [0.717, 1.165) is 31.3 Å². The maximum atomic E-state index is 13.5. The van der Waals surface area contributed by atoms with Gasteiger partial charge in [0.15, 0.2) is 0 Å². The van der Waals surface area contributed by atoms with E-state index < -0.39 is 8.41 Å². The largest absolute Gasteiger partial charge is 0.377 e. The second-order valence-electron chi connectivity index (χ2n) is 8.78. The summed E-state index contributed by atoms with van der Waals surface area (Å²) in [7, 11) is -2.28. The smallest absolute Gasteiger partial charge is 0.240 e. The molecule has 26 heavy (non-hydrogen) atoms. The van der Waals surface area contributed by atoms with Crippen LogP contribution in [0.5, 0.6) is 0 Å². The van der Waals surface area contributed by atoms with Crippen molar-refractivity contribution in [1.82, 2.24) is 0 Å². The molecular weight excluding hydrogens is 339 g/mol. The molecule has 0 fully saturated rings. The Morgan fingerprint density at radius 1 is 0.692 bits per heavy atom. The zero-order valence-corrected chi connectivity index (χ0v) is 19.2. The van der Waals surface area contributed by atoms with Crippen LogP contribution in [-0.4, -0.2) is 21.6 Å². The monoisotopic (exact) mass is 386 g/mol. The average Bonchev–Trinajstić information content (AvgIpc) is 2.55. The molecule has 156 valence electrons. The predicted octanol–water partition coefficient (Wildman–Crippen LogP) is 8.61. The molecule has 1 nitrogen and oxygen atoms in total. The van der Waals surface area contributed by atoms with Crippen molar-refractivity contribution in [3.8, 4) is 0 Å². The summed E-state index contributed by atoms with van der Waals surface area (Å²) in [4.78, 5) is 0. The molecule has 0 aliphatic heterocycles. The van der Waals surface area contributed by atoms with E-state index in [1.807, 2.05) is 20.0 Å². The van der Waals surface area contributed by atoms with Gasteiger partial charge in [0.1, 0.15) is 0 Å². The van der Waals surface area contributed by atoms with Crippen LogP contribution in [0, 0.1) is 0 Å². The highest BCUT2D eigenvalue weighted by Gasteiger charge is 2.18. The summed E-state index contributed by atoms with van der Waals surface area (Å²) in [6.07, 6.45) is 20.1. The first-order valence-corrected chi connectivity index (χ1v) is 14.4. The summed E-state index contributed by atoms with van der Waals surface area (Å²) in [6.45, 7) is 11.1. The molecule has 0 atom stereocenters. The van der Waals surface area contributed by atoms with Crippen LogP contribution < -0.4 is 0 Å². The summed E-state index contributed by atoms with van der Waals surface area (Å²) in [5.41, 5.74) is 1.11. The second kappa shape index (κ2) is 18.2. The van der Waals surface area contributed by atoms with E-state index in [1.54, 1.807) is 0 Å². The van der Waals surface area contributed by atoms with Gasteiger partial charge in [-0.1, -0.05) is 102 Å². The Morgan fingerprint density at radius 2 is 1.04 bits per heavy atom. The van der Waals surface area contributed by atoms with Gasteiger partial charge in [-0.3, -0.25) is 0 Å². The molecule has 0 heterocycles. The van der Waals surface area contributed by atoms with Crippen molar-refractivity contribution >= 4 is 8.41 Å². The molecule has 0 N–H and O–H groups in total. The van der Waals surface area contributed by atoms with Gasteiger partial charge < -0.3 is 8.84 Å². The van der Waals surface area contributed by atoms with Gasteiger partial charge in [-0.2, -0.15) is 0 Å². The lowest BCUT2D eigenvalue weighted by Crippen LogP contribution is -2.16. The first-order chi connectivity index (χ1) is 12.4. The zero-order chi connectivity index (χ0) is 19.5. The van der Waals surface area contributed by atoms with E-state index >= 15 is 0 Å². The minimum atomic E-state index is -2.28. The van der Waals surface area contributed by atoms with Crippen LogP contribution in [0.1, 0.15) is 103 Å². The highest BCUT2D eigenvalue weighted by atomic mass is 28.4. The van der Waals surface area contributed by atoms with E-state index in [1.165, 1.54) is 89.9 Å². The molecule has 0 amide bonds. The van der Waals surface area contributed by atoms with E-state index in [4.69, 9.17) is 4.74 Å². The maximum absolute atomic E-state index is 13.5. The molecule has 0 saturated carbocycles. The van der Waals surface area contributed by atoms with Crippen LogP contribution in [0.4, 0.5) is 4.11 Å². The Balaban J connectivity index is 3.04. The molecule has 0 aromatic carbocycles. The van der Waals surface area contributed by atoms with E-state index in [0.29, 0.717) is 0 Å². The highest BCUT2D eigenvalue weighted by molar-refractivity contribution is 6.70. The minimum Gasteiger partial charge on any atom is -0.377 e. The van der Waals surface area contributed by atoms with Gasteiger partial charge in [0.05, 0.1) is 6.61 Å². The van der Waals surface area contributed by atoms with Gasteiger partial charge >= 0.3 is 0 Å². The summed E-state index contributed by atoms with van der Waals surface area (Å²) < 4.78 is 19.0. The van der Waals surface area contributed by atoms with E-state index in [9.17, 15) is 4.11 Å². The number of unbranched alkanes of at least 4 members (excludes halogenated alkanes) is 14. The molecule has 0 saturated heterocycles. The van der Waals surface area contributed by atoms with Crippen LogP contribution in [0.2, 0.25) is 19.1 Å². The summed E-state index contributed by atoms with van der Waals surface area (Å²) in [6, 6.07) is 0.857. The molecule has 0 aliphatic carbocycles. The SMILES string of the molecule is C=C(C)COCCCCCCCCCCCCCCCCC[Si](C)(C)F. The summed E-state index contributed by atoms with van der Waals surface area (Å²) >= 11 is 0. The molecule has 0 aliphatic rings. The minimum absolute atomic E-state index is 0.721. The Morgan fingerprint density at radius 3 is 1.38 bits per heavy atom. The van der Waals surface area contributed by atoms with Crippen molar-refractivity contribution in [2.75, 3.05) is 13.2 Å². The molecule has 0 aromatic rings. The Bertz CT molecular complexity index is 312. The van der Waals surface area contributed by atoms with Gasteiger partial charge in [0.25, 0.3) is 0 Å². The lowest BCUT2D eigenvalue weighted by atomic mass is 10.0. The molecule has 0 aromatic heterocycles. The van der Waals surface area contributed by atoms with Gasteiger partial charge in [0, 0.05) is 6.61 Å².